The maximum absolute atomic E-state index is 5.30. The molecule has 0 aliphatic rings. The molecule has 0 radical (unpaired) electrons. The topological polar surface area (TPSA) is 51.4 Å². The van der Waals surface area contributed by atoms with Crippen LogP contribution in [0.2, 0.25) is 0 Å². The predicted molar refractivity (Wildman–Crippen MR) is 77.6 cm³/mol. The van der Waals surface area contributed by atoms with Crippen molar-refractivity contribution in [1.82, 2.24) is 24.5 Å². The molecule has 3 rings (SSSR count). The molecule has 0 aliphatic heterocycles. The average Bonchev–Trinajstić information content (AvgIpc) is 3.08. The van der Waals surface area contributed by atoms with E-state index in [4.69, 9.17) is 12.2 Å². The smallest absolute Gasteiger partial charge is 0.195 e. The first kappa shape index (κ1) is 12.3. The molecule has 0 fully saturated rings. The van der Waals surface area contributed by atoms with Crippen molar-refractivity contribution in [3.63, 3.8) is 0 Å². The van der Waals surface area contributed by atoms with E-state index in [2.05, 4.69) is 21.4 Å². The first-order valence-electron chi connectivity index (χ1n) is 5.90. The van der Waals surface area contributed by atoms with Crippen LogP contribution < -0.4 is 0 Å². The lowest BCUT2D eigenvalue weighted by Crippen LogP contribution is -2.03. The summed E-state index contributed by atoms with van der Waals surface area (Å²) in [5.74, 6) is 0.906. The van der Waals surface area contributed by atoms with Gasteiger partial charge < -0.3 is 0 Å². The fourth-order valence-corrected chi connectivity index (χ4v) is 2.91. The molecule has 3 aromatic heterocycles. The quantitative estimate of drug-likeness (QED) is 0.752. The Kier molecular flexibility index (Phi) is 3.31. The zero-order chi connectivity index (χ0) is 13.2. The minimum atomic E-state index is 0.660. The van der Waals surface area contributed by atoms with Crippen molar-refractivity contribution in [2.45, 2.75) is 13.0 Å². The molecule has 0 bridgehead atoms. The summed E-state index contributed by atoms with van der Waals surface area (Å²) in [7, 11) is 1.92. The van der Waals surface area contributed by atoms with Gasteiger partial charge in [0.2, 0.25) is 0 Å². The molecule has 3 heterocycles. The maximum atomic E-state index is 5.30. The highest BCUT2D eigenvalue weighted by Crippen LogP contribution is 2.22. The van der Waals surface area contributed by atoms with Gasteiger partial charge in [-0.25, -0.2) is 0 Å². The molecule has 5 nitrogen and oxygen atoms in total. The van der Waals surface area contributed by atoms with Gasteiger partial charge in [-0.15, -0.1) is 11.3 Å². The predicted octanol–water partition coefficient (Wildman–Crippen LogP) is 2.65. The summed E-state index contributed by atoms with van der Waals surface area (Å²) in [4.78, 5) is 1.12. The van der Waals surface area contributed by atoms with Crippen LogP contribution in [0.15, 0.2) is 29.9 Å². The van der Waals surface area contributed by atoms with E-state index in [0.717, 1.165) is 23.7 Å². The molecule has 0 aliphatic carbocycles. The summed E-state index contributed by atoms with van der Waals surface area (Å²) in [6.07, 6.45) is 4.79. The van der Waals surface area contributed by atoms with Crippen LogP contribution in [0.3, 0.4) is 0 Å². The fourth-order valence-electron chi connectivity index (χ4n) is 1.96. The van der Waals surface area contributed by atoms with E-state index in [1.54, 1.807) is 11.3 Å². The summed E-state index contributed by atoms with van der Waals surface area (Å²) in [5.41, 5.74) is 1.20. The van der Waals surface area contributed by atoms with Gasteiger partial charge in [-0.2, -0.15) is 10.2 Å². The van der Waals surface area contributed by atoms with E-state index in [-0.39, 0.29) is 0 Å². The third-order valence-electron chi connectivity index (χ3n) is 2.88. The number of hydrogen-bond donors (Lipinski definition) is 1. The van der Waals surface area contributed by atoms with Crippen molar-refractivity contribution in [3.8, 4) is 10.7 Å². The first-order valence-corrected chi connectivity index (χ1v) is 7.19. The summed E-state index contributed by atoms with van der Waals surface area (Å²) in [6, 6.07) is 4.07. The number of aryl methyl sites for hydroxylation is 2. The summed E-state index contributed by atoms with van der Waals surface area (Å²) in [6.45, 7) is 0.800. The minimum Gasteiger partial charge on any atom is -0.299 e. The van der Waals surface area contributed by atoms with Crippen LogP contribution in [0.25, 0.3) is 10.7 Å². The molecule has 0 saturated carbocycles. The van der Waals surface area contributed by atoms with Gasteiger partial charge in [-0.05, 0) is 35.6 Å². The number of thiophene rings is 1. The number of rotatable bonds is 4. The second-order valence-corrected chi connectivity index (χ2v) is 5.59. The van der Waals surface area contributed by atoms with Crippen molar-refractivity contribution in [2.75, 3.05) is 0 Å². The molecule has 3 aromatic rings. The molecule has 98 valence electrons. The standard InChI is InChI=1S/C12H13N5S2/c1-16-8-9(7-13-16)4-5-17-11(14-15-12(17)18)10-3-2-6-19-10/h2-3,6-8H,4-5H2,1H3,(H,15,18). The maximum Gasteiger partial charge on any atom is 0.195 e. The molecular formula is C12H13N5S2. The van der Waals surface area contributed by atoms with Gasteiger partial charge in [0.25, 0.3) is 0 Å². The summed E-state index contributed by atoms with van der Waals surface area (Å²) < 4.78 is 4.51. The van der Waals surface area contributed by atoms with E-state index in [0.29, 0.717) is 4.77 Å². The molecule has 1 N–H and O–H groups in total. The minimum absolute atomic E-state index is 0.660. The SMILES string of the molecule is Cn1cc(CCn2c(-c3cccs3)n[nH]c2=S)cn1. The Morgan fingerprint density at radius 2 is 2.37 bits per heavy atom. The molecule has 0 spiro atoms. The van der Waals surface area contributed by atoms with Crippen molar-refractivity contribution in [1.29, 1.82) is 0 Å². The Morgan fingerprint density at radius 3 is 3.05 bits per heavy atom. The van der Waals surface area contributed by atoms with E-state index in [1.165, 1.54) is 5.56 Å². The van der Waals surface area contributed by atoms with Gasteiger partial charge >= 0.3 is 0 Å². The largest absolute Gasteiger partial charge is 0.299 e. The Bertz CT molecular complexity index is 719. The third kappa shape index (κ3) is 2.52. The van der Waals surface area contributed by atoms with Crippen LogP contribution in [0, 0.1) is 4.77 Å². The fraction of sp³-hybridized carbons (Fsp3) is 0.250. The molecular weight excluding hydrogens is 278 g/mol. The third-order valence-corrected chi connectivity index (χ3v) is 4.06. The summed E-state index contributed by atoms with van der Waals surface area (Å²) >= 11 is 6.96. The van der Waals surface area contributed by atoms with Gasteiger partial charge in [-0.1, -0.05) is 6.07 Å². The van der Waals surface area contributed by atoms with E-state index in [1.807, 2.05) is 40.1 Å². The highest BCUT2D eigenvalue weighted by atomic mass is 32.1. The van der Waals surface area contributed by atoms with Crippen LogP contribution in [0.1, 0.15) is 5.56 Å². The van der Waals surface area contributed by atoms with Crippen molar-refractivity contribution in [2.24, 2.45) is 7.05 Å². The Balaban J connectivity index is 1.85. The number of aromatic nitrogens is 5. The highest BCUT2D eigenvalue weighted by molar-refractivity contribution is 7.71. The molecule has 0 aromatic carbocycles. The molecule has 0 atom stereocenters. The second-order valence-electron chi connectivity index (χ2n) is 4.25. The lowest BCUT2D eigenvalue weighted by atomic mass is 10.2. The van der Waals surface area contributed by atoms with Crippen LogP contribution in [-0.2, 0) is 20.0 Å². The van der Waals surface area contributed by atoms with Crippen molar-refractivity contribution in [3.05, 3.63) is 40.2 Å². The van der Waals surface area contributed by atoms with Gasteiger partial charge in [0.1, 0.15) is 0 Å². The Hall–Kier alpha value is -1.73. The van der Waals surface area contributed by atoms with Gasteiger partial charge in [0, 0.05) is 19.8 Å². The lowest BCUT2D eigenvalue weighted by Gasteiger charge is -2.04. The van der Waals surface area contributed by atoms with Gasteiger partial charge in [-0.3, -0.25) is 14.3 Å². The van der Waals surface area contributed by atoms with Gasteiger partial charge in [0.15, 0.2) is 10.6 Å². The molecule has 0 unspecified atom stereocenters. The molecule has 0 saturated heterocycles. The number of H-pyrrole nitrogens is 1. The Labute approximate surface area is 119 Å². The van der Waals surface area contributed by atoms with Crippen molar-refractivity contribution >= 4 is 23.6 Å². The highest BCUT2D eigenvalue weighted by Gasteiger charge is 2.09. The van der Waals surface area contributed by atoms with Crippen LogP contribution in [0.5, 0.6) is 0 Å². The number of hydrogen-bond acceptors (Lipinski definition) is 4. The van der Waals surface area contributed by atoms with Crippen LogP contribution in [-0.4, -0.2) is 24.5 Å². The summed E-state index contributed by atoms with van der Waals surface area (Å²) in [5, 5.41) is 13.4. The lowest BCUT2D eigenvalue weighted by molar-refractivity contribution is 0.691. The monoisotopic (exact) mass is 291 g/mol. The van der Waals surface area contributed by atoms with Gasteiger partial charge in [0.05, 0.1) is 11.1 Å². The van der Waals surface area contributed by atoms with E-state index >= 15 is 0 Å². The zero-order valence-electron chi connectivity index (χ0n) is 10.4. The zero-order valence-corrected chi connectivity index (χ0v) is 12.0. The van der Waals surface area contributed by atoms with Crippen molar-refractivity contribution < 1.29 is 0 Å². The second kappa shape index (κ2) is 5.10. The number of nitrogens with one attached hydrogen (secondary N) is 1. The first-order chi connectivity index (χ1) is 9.24. The Morgan fingerprint density at radius 1 is 1.47 bits per heavy atom. The normalized spacial score (nSPS) is 11.0. The van der Waals surface area contributed by atoms with E-state index in [9.17, 15) is 0 Å². The molecule has 19 heavy (non-hydrogen) atoms. The number of nitrogens with zero attached hydrogens (tertiary/aromatic N) is 4. The average molecular weight is 291 g/mol. The molecule has 7 heteroatoms. The molecule has 0 amide bonds. The van der Waals surface area contributed by atoms with E-state index < -0.39 is 0 Å². The van der Waals surface area contributed by atoms with Crippen LogP contribution in [0.4, 0.5) is 0 Å². The number of aromatic amines is 1. The van der Waals surface area contributed by atoms with Crippen LogP contribution >= 0.6 is 23.6 Å².